The molecule has 1 N–H and O–H groups in total. The molecule has 3 nitrogen and oxygen atoms in total. The van der Waals surface area contributed by atoms with E-state index in [2.05, 4.69) is 11.4 Å². The van der Waals surface area contributed by atoms with Gasteiger partial charge in [0.15, 0.2) is 5.06 Å². The number of hydrogen-bond donors (Lipinski definition) is 1. The quantitative estimate of drug-likeness (QED) is 0.846. The molecule has 0 bridgehead atoms. The van der Waals surface area contributed by atoms with Crippen LogP contribution in [0.1, 0.15) is 10.4 Å². The second kappa shape index (κ2) is 5.00. The maximum atomic E-state index is 5.12. The number of methoxy groups -OCH3 is 1. The lowest BCUT2D eigenvalue weighted by atomic mass is 10.3. The summed E-state index contributed by atoms with van der Waals surface area (Å²) in [7, 11) is 1.69. The summed E-state index contributed by atoms with van der Waals surface area (Å²) in [6.45, 7) is 1.69. The minimum atomic E-state index is 0.830. The lowest BCUT2D eigenvalue weighted by Gasteiger charge is -1.99. The number of nitrogens with one attached hydrogen (secondary N) is 1. The first-order valence-corrected chi connectivity index (χ1v) is 5.54. The SMILES string of the molecule is COc1ccc(CNCc2ccoc2)s1. The lowest BCUT2D eigenvalue weighted by molar-refractivity contribution is 0.427. The maximum Gasteiger partial charge on any atom is 0.173 e. The van der Waals surface area contributed by atoms with Crippen molar-refractivity contribution >= 4 is 11.3 Å². The van der Waals surface area contributed by atoms with Gasteiger partial charge in [0.1, 0.15) is 0 Å². The van der Waals surface area contributed by atoms with Gasteiger partial charge in [-0.3, -0.25) is 0 Å². The number of thiophene rings is 1. The first-order valence-electron chi connectivity index (χ1n) is 4.73. The lowest BCUT2D eigenvalue weighted by Crippen LogP contribution is -2.10. The topological polar surface area (TPSA) is 34.4 Å². The summed E-state index contributed by atoms with van der Waals surface area (Å²) in [5.74, 6) is 0. The highest BCUT2D eigenvalue weighted by Crippen LogP contribution is 2.23. The van der Waals surface area contributed by atoms with E-state index in [4.69, 9.17) is 9.15 Å². The van der Waals surface area contributed by atoms with Gasteiger partial charge in [-0.15, -0.1) is 11.3 Å². The van der Waals surface area contributed by atoms with Gasteiger partial charge in [0.25, 0.3) is 0 Å². The summed E-state index contributed by atoms with van der Waals surface area (Å²) in [6.07, 6.45) is 3.44. The highest BCUT2D eigenvalue weighted by Gasteiger charge is 1.99. The van der Waals surface area contributed by atoms with Crippen LogP contribution in [0, 0.1) is 0 Å². The predicted molar refractivity (Wildman–Crippen MR) is 60.1 cm³/mol. The van der Waals surface area contributed by atoms with Gasteiger partial charge in [0.2, 0.25) is 0 Å². The molecular weight excluding hydrogens is 210 g/mol. The van der Waals surface area contributed by atoms with Crippen LogP contribution in [0.5, 0.6) is 5.06 Å². The van der Waals surface area contributed by atoms with Crippen LogP contribution < -0.4 is 10.1 Å². The Morgan fingerprint density at radius 3 is 2.93 bits per heavy atom. The second-order valence-electron chi connectivity index (χ2n) is 3.16. The van der Waals surface area contributed by atoms with Crippen LogP contribution >= 0.6 is 11.3 Å². The minimum absolute atomic E-state index is 0.830. The fraction of sp³-hybridized carbons (Fsp3) is 0.273. The molecule has 0 saturated heterocycles. The van der Waals surface area contributed by atoms with Gasteiger partial charge < -0.3 is 14.5 Å². The molecule has 2 rings (SSSR count). The molecular formula is C11H13NO2S. The summed E-state index contributed by atoms with van der Waals surface area (Å²) in [5.41, 5.74) is 1.17. The van der Waals surface area contributed by atoms with Crippen molar-refractivity contribution in [3.63, 3.8) is 0 Å². The maximum absolute atomic E-state index is 5.12. The Bertz CT molecular complexity index is 394. The van der Waals surface area contributed by atoms with Crippen LogP contribution in [0.15, 0.2) is 35.1 Å². The van der Waals surface area contributed by atoms with Gasteiger partial charge in [-0.2, -0.15) is 0 Å². The summed E-state index contributed by atoms with van der Waals surface area (Å²) in [5, 5.41) is 4.29. The van der Waals surface area contributed by atoms with Gasteiger partial charge in [-0.1, -0.05) is 0 Å². The molecule has 15 heavy (non-hydrogen) atoms. The van der Waals surface area contributed by atoms with Crippen LogP contribution in [-0.4, -0.2) is 7.11 Å². The Balaban J connectivity index is 1.78. The van der Waals surface area contributed by atoms with Crippen molar-refractivity contribution in [2.75, 3.05) is 7.11 Å². The molecule has 0 fully saturated rings. The highest BCUT2D eigenvalue weighted by atomic mass is 32.1. The first-order chi connectivity index (χ1) is 7.38. The zero-order valence-corrected chi connectivity index (χ0v) is 9.34. The molecule has 0 aliphatic carbocycles. The van der Waals surface area contributed by atoms with Crippen molar-refractivity contribution in [1.29, 1.82) is 0 Å². The van der Waals surface area contributed by atoms with E-state index in [0.29, 0.717) is 0 Å². The average molecular weight is 223 g/mol. The summed E-state index contributed by atoms with van der Waals surface area (Å²) < 4.78 is 10.1. The van der Waals surface area contributed by atoms with E-state index in [1.54, 1.807) is 31.0 Å². The average Bonchev–Trinajstić information content (AvgIpc) is 2.88. The van der Waals surface area contributed by atoms with E-state index in [9.17, 15) is 0 Å². The molecule has 0 aliphatic rings. The van der Waals surface area contributed by atoms with Gasteiger partial charge in [0, 0.05) is 23.5 Å². The van der Waals surface area contributed by atoms with Crippen LogP contribution in [0.3, 0.4) is 0 Å². The molecule has 2 aromatic heterocycles. The predicted octanol–water partition coefficient (Wildman–Crippen LogP) is 2.64. The monoisotopic (exact) mass is 223 g/mol. The smallest absolute Gasteiger partial charge is 0.173 e. The Hall–Kier alpha value is -1.26. The Labute approximate surface area is 92.7 Å². The molecule has 0 saturated carbocycles. The summed E-state index contributed by atoms with van der Waals surface area (Å²) in [4.78, 5) is 1.27. The van der Waals surface area contributed by atoms with E-state index in [-0.39, 0.29) is 0 Å². The number of rotatable bonds is 5. The molecule has 0 atom stereocenters. The van der Waals surface area contributed by atoms with Gasteiger partial charge >= 0.3 is 0 Å². The van der Waals surface area contributed by atoms with Crippen LogP contribution in [0.25, 0.3) is 0 Å². The first kappa shape index (κ1) is 10.3. The Kier molecular flexibility index (Phi) is 3.42. The van der Waals surface area contributed by atoms with E-state index in [0.717, 1.165) is 18.2 Å². The Morgan fingerprint density at radius 2 is 2.27 bits per heavy atom. The molecule has 2 heterocycles. The molecule has 80 valence electrons. The third kappa shape index (κ3) is 2.84. The molecule has 0 spiro atoms. The standard InChI is InChI=1S/C11H13NO2S/c1-13-11-3-2-10(15-11)7-12-6-9-4-5-14-8-9/h2-5,8,12H,6-7H2,1H3. The fourth-order valence-electron chi connectivity index (χ4n) is 1.29. The molecule has 0 aliphatic heterocycles. The second-order valence-corrected chi connectivity index (χ2v) is 4.29. The van der Waals surface area contributed by atoms with Gasteiger partial charge in [-0.05, 0) is 18.2 Å². The van der Waals surface area contributed by atoms with Crippen molar-refractivity contribution in [3.05, 3.63) is 41.2 Å². The van der Waals surface area contributed by atoms with Crippen LogP contribution in [0.2, 0.25) is 0 Å². The minimum Gasteiger partial charge on any atom is -0.487 e. The van der Waals surface area contributed by atoms with Crippen molar-refractivity contribution in [2.24, 2.45) is 0 Å². The normalized spacial score (nSPS) is 10.5. The molecule has 0 amide bonds. The zero-order valence-electron chi connectivity index (χ0n) is 8.53. The number of ether oxygens (including phenoxy) is 1. The number of hydrogen-bond acceptors (Lipinski definition) is 4. The van der Waals surface area contributed by atoms with Gasteiger partial charge in [0.05, 0.1) is 19.6 Å². The Morgan fingerprint density at radius 1 is 1.33 bits per heavy atom. The van der Waals surface area contributed by atoms with Crippen molar-refractivity contribution < 1.29 is 9.15 Å². The van der Waals surface area contributed by atoms with E-state index < -0.39 is 0 Å². The van der Waals surface area contributed by atoms with E-state index in [1.165, 1.54) is 10.4 Å². The summed E-state index contributed by atoms with van der Waals surface area (Å²) >= 11 is 1.66. The van der Waals surface area contributed by atoms with E-state index in [1.807, 2.05) is 12.1 Å². The van der Waals surface area contributed by atoms with Gasteiger partial charge in [-0.25, -0.2) is 0 Å². The molecule has 0 unspecified atom stereocenters. The highest BCUT2D eigenvalue weighted by molar-refractivity contribution is 7.13. The third-order valence-electron chi connectivity index (χ3n) is 2.05. The summed E-state index contributed by atoms with van der Waals surface area (Å²) in [6, 6.07) is 6.02. The van der Waals surface area contributed by atoms with Crippen molar-refractivity contribution in [1.82, 2.24) is 5.32 Å². The van der Waals surface area contributed by atoms with Crippen molar-refractivity contribution in [3.8, 4) is 5.06 Å². The molecule has 0 radical (unpaired) electrons. The molecule has 4 heteroatoms. The number of furan rings is 1. The largest absolute Gasteiger partial charge is 0.487 e. The fourth-order valence-corrected chi connectivity index (χ4v) is 2.07. The molecule has 0 aromatic carbocycles. The zero-order chi connectivity index (χ0) is 10.5. The van der Waals surface area contributed by atoms with Crippen LogP contribution in [0.4, 0.5) is 0 Å². The van der Waals surface area contributed by atoms with Crippen LogP contribution in [-0.2, 0) is 13.1 Å². The van der Waals surface area contributed by atoms with E-state index >= 15 is 0 Å². The third-order valence-corrected chi connectivity index (χ3v) is 3.09. The molecule has 2 aromatic rings. The van der Waals surface area contributed by atoms with Crippen molar-refractivity contribution in [2.45, 2.75) is 13.1 Å².